The third-order valence-electron chi connectivity index (χ3n) is 11.4. The maximum Gasteiger partial charge on any atom is 0.150 e. The fraction of sp³-hybridized carbons (Fsp3) is 0.229. The molecule has 0 unspecified atom stereocenters. The van der Waals surface area contributed by atoms with Crippen LogP contribution in [0.25, 0.3) is 43.4 Å². The SMILES string of the molecule is Fc1ccc2[nH]cc(C3CCN(Cc4cccc5ccccc45)CC3)c2c1.Fc1ccc2[nH]cc(C3CCNCC3)c2c1.O=Cc1cccc2ccccc12. The fourth-order valence-electron chi connectivity index (χ4n) is 8.46. The number of nitrogens with one attached hydrogen (secondary N) is 3. The topological polar surface area (TPSA) is 63.9 Å². The predicted octanol–water partition coefficient (Wildman–Crippen LogP) is 11.3. The number of halogens is 2. The highest BCUT2D eigenvalue weighted by Crippen LogP contribution is 2.35. The van der Waals surface area contributed by atoms with E-state index in [9.17, 15) is 13.6 Å². The number of likely N-dealkylation sites (tertiary alicyclic amines) is 1. The van der Waals surface area contributed by atoms with E-state index in [1.165, 1.54) is 39.6 Å². The second-order valence-electron chi connectivity index (χ2n) is 14.8. The number of nitrogens with zero attached hydrogens (tertiary/aromatic N) is 1. The minimum atomic E-state index is -0.156. The Hall–Kier alpha value is -5.63. The van der Waals surface area contributed by atoms with Gasteiger partial charge in [-0.25, -0.2) is 8.78 Å². The Morgan fingerprint density at radius 2 is 1.11 bits per heavy atom. The summed E-state index contributed by atoms with van der Waals surface area (Å²) in [6.07, 6.45) is 9.53. The number of aromatic amines is 2. The molecule has 0 saturated carbocycles. The van der Waals surface area contributed by atoms with Gasteiger partial charge in [0.2, 0.25) is 0 Å². The highest BCUT2D eigenvalue weighted by atomic mass is 19.1. The largest absolute Gasteiger partial charge is 0.361 e. The zero-order chi connectivity index (χ0) is 37.6. The molecule has 0 spiro atoms. The number of hydrogen-bond acceptors (Lipinski definition) is 3. The summed E-state index contributed by atoms with van der Waals surface area (Å²) in [5, 5.41) is 10.2. The lowest BCUT2D eigenvalue weighted by molar-refractivity contribution is 0.112. The lowest BCUT2D eigenvalue weighted by Gasteiger charge is -2.32. The van der Waals surface area contributed by atoms with Gasteiger partial charge in [-0.2, -0.15) is 0 Å². The molecule has 0 aliphatic carbocycles. The van der Waals surface area contributed by atoms with Crippen LogP contribution in [-0.2, 0) is 6.54 Å². The van der Waals surface area contributed by atoms with Crippen LogP contribution in [0.1, 0.15) is 64.6 Å². The maximum atomic E-state index is 13.7. The minimum Gasteiger partial charge on any atom is -0.361 e. The van der Waals surface area contributed by atoms with Crippen molar-refractivity contribution in [3.63, 3.8) is 0 Å². The zero-order valence-corrected chi connectivity index (χ0v) is 30.9. The van der Waals surface area contributed by atoms with Crippen LogP contribution in [0, 0.1) is 11.6 Å². The van der Waals surface area contributed by atoms with Crippen molar-refractivity contribution in [2.75, 3.05) is 26.2 Å². The maximum absolute atomic E-state index is 13.7. The van der Waals surface area contributed by atoms with Gasteiger partial charge in [-0.3, -0.25) is 9.69 Å². The van der Waals surface area contributed by atoms with Crippen LogP contribution in [0.15, 0.2) is 134 Å². The molecule has 55 heavy (non-hydrogen) atoms. The molecule has 0 radical (unpaired) electrons. The van der Waals surface area contributed by atoms with Crippen molar-refractivity contribution in [1.82, 2.24) is 20.2 Å². The van der Waals surface area contributed by atoms with Gasteiger partial charge in [-0.1, -0.05) is 84.9 Å². The minimum absolute atomic E-state index is 0.151. The van der Waals surface area contributed by atoms with Crippen molar-refractivity contribution in [2.24, 2.45) is 0 Å². The summed E-state index contributed by atoms with van der Waals surface area (Å²) < 4.78 is 26.9. The van der Waals surface area contributed by atoms with Crippen molar-refractivity contribution in [1.29, 1.82) is 0 Å². The highest BCUT2D eigenvalue weighted by Gasteiger charge is 2.23. The summed E-state index contributed by atoms with van der Waals surface area (Å²) in [5.41, 5.74) is 6.78. The van der Waals surface area contributed by atoms with E-state index < -0.39 is 0 Å². The average Bonchev–Trinajstić information content (AvgIpc) is 3.86. The molecule has 278 valence electrons. The van der Waals surface area contributed by atoms with E-state index in [0.717, 1.165) is 103 Å². The van der Waals surface area contributed by atoms with Crippen LogP contribution in [-0.4, -0.2) is 47.3 Å². The molecular formula is C48H46F2N4O. The van der Waals surface area contributed by atoms with Crippen LogP contribution in [0.5, 0.6) is 0 Å². The first kappa shape index (κ1) is 36.4. The summed E-state index contributed by atoms with van der Waals surface area (Å²) in [6.45, 7) is 5.28. The van der Waals surface area contributed by atoms with E-state index in [0.29, 0.717) is 11.8 Å². The number of carbonyl (C=O) groups excluding carboxylic acids is 1. The molecule has 3 N–H and O–H groups in total. The van der Waals surface area contributed by atoms with Crippen LogP contribution in [0.4, 0.5) is 8.78 Å². The molecule has 0 amide bonds. The predicted molar refractivity (Wildman–Crippen MR) is 222 cm³/mol. The van der Waals surface area contributed by atoms with Crippen molar-refractivity contribution in [3.05, 3.63) is 168 Å². The Balaban J connectivity index is 0.000000129. The number of carbonyl (C=O) groups is 1. The Morgan fingerprint density at radius 1 is 0.582 bits per heavy atom. The number of fused-ring (bicyclic) bond motifs is 4. The first-order valence-corrected chi connectivity index (χ1v) is 19.4. The summed E-state index contributed by atoms with van der Waals surface area (Å²) in [7, 11) is 0. The van der Waals surface area contributed by atoms with Gasteiger partial charge in [0.15, 0.2) is 6.29 Å². The monoisotopic (exact) mass is 732 g/mol. The molecule has 2 aliphatic heterocycles. The molecule has 2 aromatic heterocycles. The average molecular weight is 733 g/mol. The van der Waals surface area contributed by atoms with E-state index in [2.05, 4.69) is 68.8 Å². The van der Waals surface area contributed by atoms with E-state index in [1.54, 1.807) is 12.1 Å². The van der Waals surface area contributed by atoms with E-state index >= 15 is 0 Å². The second kappa shape index (κ2) is 16.8. The van der Waals surface area contributed by atoms with Crippen molar-refractivity contribution >= 4 is 49.6 Å². The van der Waals surface area contributed by atoms with Gasteiger partial charge in [-0.15, -0.1) is 0 Å². The first-order valence-electron chi connectivity index (χ1n) is 19.4. The number of hydrogen-bond donors (Lipinski definition) is 3. The Morgan fingerprint density at radius 3 is 1.73 bits per heavy atom. The molecule has 6 aromatic carbocycles. The number of benzene rings is 6. The van der Waals surface area contributed by atoms with Gasteiger partial charge in [0.25, 0.3) is 0 Å². The smallest absolute Gasteiger partial charge is 0.150 e. The normalized spacial score (nSPS) is 15.5. The third-order valence-corrected chi connectivity index (χ3v) is 11.4. The molecule has 7 heteroatoms. The van der Waals surface area contributed by atoms with Crippen LogP contribution < -0.4 is 5.32 Å². The van der Waals surface area contributed by atoms with Crippen molar-refractivity contribution in [3.8, 4) is 0 Å². The fourth-order valence-corrected chi connectivity index (χ4v) is 8.46. The number of aldehydes is 1. The van der Waals surface area contributed by atoms with Gasteiger partial charge in [-0.05, 0) is 138 Å². The quantitative estimate of drug-likeness (QED) is 0.154. The molecule has 0 bridgehead atoms. The van der Waals surface area contributed by atoms with Crippen molar-refractivity contribution in [2.45, 2.75) is 44.1 Å². The Labute approximate surface area is 320 Å². The highest BCUT2D eigenvalue weighted by molar-refractivity contribution is 5.98. The lowest BCUT2D eigenvalue weighted by Crippen LogP contribution is -2.32. The molecular weight excluding hydrogens is 687 g/mol. The second-order valence-corrected chi connectivity index (χ2v) is 14.8. The molecule has 2 saturated heterocycles. The van der Waals surface area contributed by atoms with Crippen LogP contribution in [0.2, 0.25) is 0 Å². The third kappa shape index (κ3) is 8.24. The number of H-pyrrole nitrogens is 2. The summed E-state index contributed by atoms with van der Waals surface area (Å²) in [4.78, 5) is 19.7. The van der Waals surface area contributed by atoms with Gasteiger partial charge in [0.1, 0.15) is 11.6 Å². The zero-order valence-electron chi connectivity index (χ0n) is 30.9. The van der Waals surface area contributed by atoms with Gasteiger partial charge < -0.3 is 15.3 Å². The van der Waals surface area contributed by atoms with E-state index in [1.807, 2.05) is 60.8 Å². The van der Waals surface area contributed by atoms with E-state index in [-0.39, 0.29) is 11.6 Å². The Bertz CT molecular complexity index is 2530. The van der Waals surface area contributed by atoms with Crippen LogP contribution in [0.3, 0.4) is 0 Å². The summed E-state index contributed by atoms with van der Waals surface area (Å²) >= 11 is 0. The van der Waals surface area contributed by atoms with E-state index in [4.69, 9.17) is 0 Å². The molecule has 5 nitrogen and oxygen atoms in total. The van der Waals surface area contributed by atoms with Crippen molar-refractivity contribution < 1.29 is 13.6 Å². The lowest BCUT2D eigenvalue weighted by atomic mass is 9.89. The van der Waals surface area contributed by atoms with Gasteiger partial charge in [0.05, 0.1) is 0 Å². The first-order chi connectivity index (χ1) is 27.0. The molecule has 4 heterocycles. The molecule has 8 aromatic rings. The molecule has 2 fully saturated rings. The molecule has 2 aliphatic rings. The summed E-state index contributed by atoms with van der Waals surface area (Å²) in [6, 6.07) is 38.8. The van der Waals surface area contributed by atoms with Crippen LogP contribution >= 0.6 is 0 Å². The number of piperidine rings is 2. The molecule has 10 rings (SSSR count). The summed E-state index contributed by atoms with van der Waals surface area (Å²) in [5.74, 6) is 0.764. The van der Waals surface area contributed by atoms with Gasteiger partial charge in [0, 0.05) is 46.3 Å². The number of aromatic nitrogens is 2. The molecule has 0 atom stereocenters. The Kier molecular flexibility index (Phi) is 11.1. The number of rotatable bonds is 5. The van der Waals surface area contributed by atoms with Gasteiger partial charge >= 0.3 is 0 Å². The standard InChI is InChI=1S/C24H23FN2.C13H15FN2.C11H8O/c25-20-8-9-24-22(14-20)23(15-26-24)18-10-12-27(13-11-18)16-19-6-3-5-17-4-1-2-7-21(17)19;14-10-1-2-13-11(7-10)12(8-16-13)9-3-5-15-6-4-9;12-8-10-6-3-5-9-4-1-2-7-11(9)10/h1-9,14-15,18,26H,10-13,16H2;1-2,7-9,15-16H,3-6H2;1-8H.